The van der Waals surface area contributed by atoms with Crippen molar-refractivity contribution in [2.24, 2.45) is 0 Å². The van der Waals surface area contributed by atoms with Crippen molar-refractivity contribution in [2.75, 3.05) is 31.9 Å². The van der Waals surface area contributed by atoms with Crippen LogP contribution < -0.4 is 0 Å². The first-order valence-electron chi connectivity index (χ1n) is 4.92. The van der Waals surface area contributed by atoms with Crippen LogP contribution in [-0.2, 0) is 9.47 Å². The Kier molecular flexibility index (Phi) is 7.95. The van der Waals surface area contributed by atoms with Gasteiger partial charge in [-0.25, -0.2) is 0 Å². The summed E-state index contributed by atoms with van der Waals surface area (Å²) in [5.41, 5.74) is 0. The van der Waals surface area contributed by atoms with E-state index in [4.69, 9.17) is 9.47 Å². The zero-order chi connectivity index (χ0) is 12.5. The minimum atomic E-state index is 0.536. The van der Waals surface area contributed by atoms with Gasteiger partial charge in [-0.3, -0.25) is 0 Å². The van der Waals surface area contributed by atoms with Crippen molar-refractivity contribution in [1.29, 1.82) is 0 Å². The van der Waals surface area contributed by atoms with Gasteiger partial charge in [0.05, 0.1) is 11.9 Å². The smallest absolute Gasteiger partial charge is 0.194 e. The lowest BCUT2D eigenvalue weighted by Crippen LogP contribution is -1.99. The van der Waals surface area contributed by atoms with E-state index in [0.717, 1.165) is 10.9 Å². The second kappa shape index (κ2) is 8.98. The number of ether oxygens (including phenoxy) is 2. The molecule has 17 heavy (non-hydrogen) atoms. The highest BCUT2D eigenvalue weighted by atomic mass is 32.2. The molecular weight excluding hydrogens is 278 g/mol. The van der Waals surface area contributed by atoms with Crippen molar-refractivity contribution in [3.8, 4) is 0 Å². The summed E-state index contributed by atoms with van der Waals surface area (Å²) in [6, 6.07) is 0. The monoisotopic (exact) mass is 293 g/mol. The maximum atomic E-state index is 4.99. The summed E-state index contributed by atoms with van der Waals surface area (Å²) in [5.74, 6) is 2.01. The molecule has 1 aromatic rings. The number of thioether (sulfide) groups is 3. The van der Waals surface area contributed by atoms with Crippen LogP contribution in [0, 0.1) is 0 Å². The highest BCUT2D eigenvalue weighted by Crippen LogP contribution is 2.22. The van der Waals surface area contributed by atoms with E-state index < -0.39 is 0 Å². The van der Waals surface area contributed by atoms with E-state index in [0.29, 0.717) is 22.2 Å². The molecule has 0 saturated carbocycles. The largest absolute Gasteiger partial charge is 0.374 e. The molecule has 1 heterocycles. The van der Waals surface area contributed by atoms with Gasteiger partial charge in [-0.15, -0.1) is 0 Å². The zero-order valence-electron chi connectivity index (χ0n) is 10.0. The lowest BCUT2D eigenvalue weighted by Gasteiger charge is -2.05. The first-order valence-corrected chi connectivity index (χ1v) is 7.88. The van der Waals surface area contributed by atoms with Crippen LogP contribution in [0.3, 0.4) is 0 Å². The van der Waals surface area contributed by atoms with Crippen LogP contribution in [0.2, 0.25) is 0 Å². The SMILES string of the molecule is CCSc1nc(SCOC)nc(SCOC)n1. The number of aromatic nitrogens is 3. The highest BCUT2D eigenvalue weighted by Gasteiger charge is 2.07. The fourth-order valence-corrected chi connectivity index (χ4v) is 2.65. The van der Waals surface area contributed by atoms with Crippen molar-refractivity contribution >= 4 is 35.3 Å². The van der Waals surface area contributed by atoms with Crippen LogP contribution in [0.4, 0.5) is 0 Å². The Labute approximate surface area is 114 Å². The molecule has 0 atom stereocenters. The van der Waals surface area contributed by atoms with Crippen LogP contribution in [0.25, 0.3) is 0 Å². The number of rotatable bonds is 8. The summed E-state index contributed by atoms with van der Waals surface area (Å²) in [4.78, 5) is 13.0. The van der Waals surface area contributed by atoms with E-state index in [1.54, 1.807) is 26.0 Å². The molecule has 0 unspecified atom stereocenters. The molecule has 0 aromatic carbocycles. The molecule has 0 N–H and O–H groups in total. The Bertz CT molecular complexity index is 315. The standard InChI is InChI=1S/C9H15N3O2S3/c1-4-15-7-10-8(16-5-13-2)12-9(11-7)17-6-14-3/h4-6H2,1-3H3. The molecule has 0 saturated heterocycles. The van der Waals surface area contributed by atoms with Crippen LogP contribution in [0.5, 0.6) is 0 Å². The lowest BCUT2D eigenvalue weighted by atomic mass is 11.0. The molecule has 0 aliphatic rings. The molecule has 5 nitrogen and oxygen atoms in total. The number of methoxy groups -OCH3 is 2. The van der Waals surface area contributed by atoms with Crippen molar-refractivity contribution in [3.05, 3.63) is 0 Å². The van der Waals surface area contributed by atoms with Gasteiger partial charge in [0, 0.05) is 14.2 Å². The van der Waals surface area contributed by atoms with Gasteiger partial charge in [-0.1, -0.05) is 42.2 Å². The van der Waals surface area contributed by atoms with Crippen molar-refractivity contribution in [3.63, 3.8) is 0 Å². The summed E-state index contributed by atoms with van der Waals surface area (Å²) in [6.07, 6.45) is 0. The molecular formula is C9H15N3O2S3. The average Bonchev–Trinajstić information content (AvgIpc) is 2.34. The van der Waals surface area contributed by atoms with Crippen LogP contribution in [-0.4, -0.2) is 46.8 Å². The number of nitrogens with zero attached hydrogens (tertiary/aromatic N) is 3. The predicted molar refractivity (Wildman–Crippen MR) is 71.7 cm³/mol. The van der Waals surface area contributed by atoms with E-state index >= 15 is 0 Å². The number of hydrogen-bond donors (Lipinski definition) is 0. The molecule has 0 aliphatic carbocycles. The third-order valence-corrected chi connectivity index (χ3v) is 3.78. The molecule has 8 heteroatoms. The van der Waals surface area contributed by atoms with Crippen molar-refractivity contribution in [1.82, 2.24) is 15.0 Å². The first kappa shape index (κ1) is 15.0. The molecule has 0 aliphatic heterocycles. The van der Waals surface area contributed by atoms with E-state index in [1.807, 2.05) is 0 Å². The van der Waals surface area contributed by atoms with Gasteiger partial charge in [0.1, 0.15) is 0 Å². The van der Waals surface area contributed by atoms with Gasteiger partial charge >= 0.3 is 0 Å². The van der Waals surface area contributed by atoms with E-state index in [-0.39, 0.29) is 0 Å². The second-order valence-electron chi connectivity index (χ2n) is 2.72. The van der Waals surface area contributed by atoms with Gasteiger partial charge in [-0.2, -0.15) is 15.0 Å². The molecule has 0 bridgehead atoms. The van der Waals surface area contributed by atoms with Crippen LogP contribution >= 0.6 is 35.3 Å². The lowest BCUT2D eigenvalue weighted by molar-refractivity contribution is 0.258. The molecule has 0 spiro atoms. The Morgan fingerprint density at radius 2 is 1.24 bits per heavy atom. The Hall–Kier alpha value is -0.0200. The fraction of sp³-hybridized carbons (Fsp3) is 0.667. The number of hydrogen-bond acceptors (Lipinski definition) is 8. The fourth-order valence-electron chi connectivity index (χ4n) is 0.866. The average molecular weight is 293 g/mol. The van der Waals surface area contributed by atoms with Crippen molar-refractivity contribution < 1.29 is 9.47 Å². The maximum absolute atomic E-state index is 4.99. The summed E-state index contributed by atoms with van der Waals surface area (Å²) >= 11 is 4.51. The van der Waals surface area contributed by atoms with E-state index in [2.05, 4.69) is 21.9 Å². The zero-order valence-corrected chi connectivity index (χ0v) is 12.5. The topological polar surface area (TPSA) is 57.1 Å². The van der Waals surface area contributed by atoms with Crippen LogP contribution in [0.1, 0.15) is 6.92 Å². The normalized spacial score (nSPS) is 10.8. The van der Waals surface area contributed by atoms with E-state index in [1.165, 1.54) is 23.5 Å². The summed E-state index contributed by atoms with van der Waals surface area (Å²) in [7, 11) is 3.30. The first-order chi connectivity index (χ1) is 8.30. The Morgan fingerprint density at radius 1 is 0.824 bits per heavy atom. The minimum Gasteiger partial charge on any atom is -0.374 e. The third-order valence-electron chi connectivity index (χ3n) is 1.46. The molecule has 0 amide bonds. The minimum absolute atomic E-state index is 0.536. The molecule has 0 fully saturated rings. The summed E-state index contributed by atoms with van der Waals surface area (Å²) in [5, 5.41) is 2.13. The van der Waals surface area contributed by atoms with Gasteiger partial charge in [0.2, 0.25) is 0 Å². The van der Waals surface area contributed by atoms with Gasteiger partial charge < -0.3 is 9.47 Å². The highest BCUT2D eigenvalue weighted by molar-refractivity contribution is 8.00. The molecule has 1 rings (SSSR count). The molecule has 96 valence electrons. The Balaban J connectivity index is 2.76. The quantitative estimate of drug-likeness (QED) is 0.535. The van der Waals surface area contributed by atoms with Gasteiger partial charge in [0.15, 0.2) is 15.5 Å². The maximum Gasteiger partial charge on any atom is 0.194 e. The predicted octanol–water partition coefficient (Wildman–Crippen LogP) is 2.38. The van der Waals surface area contributed by atoms with E-state index in [9.17, 15) is 0 Å². The second-order valence-corrected chi connectivity index (χ2v) is 5.73. The van der Waals surface area contributed by atoms with Gasteiger partial charge in [-0.05, 0) is 5.75 Å². The molecule has 0 radical (unpaired) electrons. The summed E-state index contributed by atoms with van der Waals surface area (Å²) < 4.78 is 9.98. The van der Waals surface area contributed by atoms with Gasteiger partial charge in [0.25, 0.3) is 0 Å². The van der Waals surface area contributed by atoms with Crippen LogP contribution in [0.15, 0.2) is 15.5 Å². The van der Waals surface area contributed by atoms with Crippen molar-refractivity contribution in [2.45, 2.75) is 22.4 Å². The Morgan fingerprint density at radius 3 is 1.59 bits per heavy atom. The summed E-state index contributed by atoms with van der Waals surface area (Å²) in [6.45, 7) is 2.07. The third kappa shape index (κ3) is 5.91. The molecule has 1 aromatic heterocycles.